The highest BCUT2D eigenvalue weighted by molar-refractivity contribution is 6.36. The minimum atomic E-state index is -0.616. The van der Waals surface area contributed by atoms with Crippen molar-refractivity contribution in [3.05, 3.63) is 12.3 Å². The van der Waals surface area contributed by atoms with Gasteiger partial charge in [0.1, 0.15) is 30.7 Å². The lowest BCUT2D eigenvalue weighted by Gasteiger charge is -2.27. The molecule has 10 nitrogen and oxygen atoms in total. The zero-order valence-corrected chi connectivity index (χ0v) is 20.1. The van der Waals surface area contributed by atoms with Crippen LogP contribution in [0.2, 0.25) is 0 Å². The number of rotatable bonds is 2. The Labute approximate surface area is 189 Å². The third-order valence-electron chi connectivity index (χ3n) is 4.74. The van der Waals surface area contributed by atoms with E-state index < -0.39 is 17.3 Å². The lowest BCUT2D eigenvalue weighted by molar-refractivity contribution is 0.0263. The number of nitrogens with zero attached hydrogens (tertiary/aromatic N) is 5. The molecule has 3 rings (SSSR count). The summed E-state index contributed by atoms with van der Waals surface area (Å²) in [6, 6.07) is 1.78. The number of aromatic nitrogens is 3. The molecule has 32 heavy (non-hydrogen) atoms. The van der Waals surface area contributed by atoms with E-state index in [2.05, 4.69) is 15.3 Å². The molecule has 1 N–H and O–H groups in total. The van der Waals surface area contributed by atoms with Crippen molar-refractivity contribution in [2.24, 2.45) is 0 Å². The van der Waals surface area contributed by atoms with Crippen molar-refractivity contribution in [1.82, 2.24) is 19.5 Å². The van der Waals surface area contributed by atoms with E-state index in [0.717, 1.165) is 18.4 Å². The number of carbonyl (C=O) groups excluding carboxylic acids is 2. The molecule has 0 unspecified atom stereocenters. The maximum absolute atomic E-state index is 12.5. The first kappa shape index (κ1) is 23.7. The molecule has 1 aliphatic heterocycles. The van der Waals surface area contributed by atoms with Gasteiger partial charge < -0.3 is 19.3 Å². The third-order valence-corrected chi connectivity index (χ3v) is 4.74. The van der Waals surface area contributed by atoms with E-state index in [1.165, 1.54) is 0 Å². The van der Waals surface area contributed by atoms with Gasteiger partial charge >= 0.3 is 12.2 Å². The molecule has 2 aromatic heterocycles. The predicted octanol–water partition coefficient (Wildman–Crippen LogP) is 1.78. The Morgan fingerprint density at radius 3 is 2.38 bits per heavy atom. The number of anilines is 2. The van der Waals surface area contributed by atoms with Crippen LogP contribution in [-0.2, 0) is 9.47 Å². The summed E-state index contributed by atoms with van der Waals surface area (Å²) in [6.45, 7) is 13.5. The fraction of sp³-hybridized carbons (Fsp3) is 0.619. The van der Waals surface area contributed by atoms with Crippen molar-refractivity contribution in [2.75, 3.05) is 36.4 Å². The first-order chi connectivity index (χ1) is 14.8. The van der Waals surface area contributed by atoms with E-state index in [-0.39, 0.29) is 6.09 Å². The van der Waals surface area contributed by atoms with E-state index in [1.807, 2.05) is 49.4 Å². The van der Waals surface area contributed by atoms with Gasteiger partial charge in [-0.05, 0) is 53.4 Å². The maximum Gasteiger partial charge on any atom is 0.413 e. The summed E-state index contributed by atoms with van der Waals surface area (Å²) in [5.74, 6) is 1.18. The highest BCUT2D eigenvalue weighted by Gasteiger charge is 2.26. The van der Waals surface area contributed by atoms with Crippen LogP contribution in [-0.4, -0.2) is 76.9 Å². The fourth-order valence-electron chi connectivity index (χ4n) is 3.37. The van der Waals surface area contributed by atoms with Crippen molar-refractivity contribution in [2.45, 2.75) is 59.2 Å². The van der Waals surface area contributed by atoms with Crippen LogP contribution in [0.5, 0.6) is 0 Å². The van der Waals surface area contributed by atoms with E-state index in [9.17, 15) is 9.59 Å². The lowest BCUT2D eigenvalue weighted by Crippen LogP contribution is -2.39. The third kappa shape index (κ3) is 6.05. The summed E-state index contributed by atoms with van der Waals surface area (Å²) in [5, 5.41) is 7.13. The molecule has 1 fully saturated rings. The topological polar surface area (TPSA) is 101 Å². The van der Waals surface area contributed by atoms with E-state index in [0.29, 0.717) is 36.9 Å². The molecule has 0 aliphatic carbocycles. The quantitative estimate of drug-likeness (QED) is 0.705. The highest BCUT2D eigenvalue weighted by Crippen LogP contribution is 2.21. The number of hydrogen-bond acceptors (Lipinski definition) is 7. The molecule has 2 aromatic rings. The molecular weight excluding hydrogens is 411 g/mol. The summed E-state index contributed by atoms with van der Waals surface area (Å²) in [5.41, 5.74) is 0.401. The van der Waals surface area contributed by atoms with E-state index in [4.69, 9.17) is 14.5 Å². The van der Waals surface area contributed by atoms with Gasteiger partial charge in [0.15, 0.2) is 5.65 Å². The van der Waals surface area contributed by atoms with Gasteiger partial charge in [0, 0.05) is 38.4 Å². The zero-order valence-electron chi connectivity index (χ0n) is 20.1. The van der Waals surface area contributed by atoms with Gasteiger partial charge in [-0.1, -0.05) is 0 Å². The summed E-state index contributed by atoms with van der Waals surface area (Å²) >= 11 is 0. The van der Waals surface area contributed by atoms with Gasteiger partial charge in [-0.15, -0.1) is 0 Å². The monoisotopic (exact) mass is 444 g/mol. The molecule has 0 bridgehead atoms. The van der Waals surface area contributed by atoms with Gasteiger partial charge in [-0.2, -0.15) is 9.61 Å². The van der Waals surface area contributed by atoms with Crippen LogP contribution in [0, 0.1) is 0 Å². The first-order valence-electron chi connectivity index (χ1n) is 10.9. The minimum absolute atomic E-state index is 0.304. The van der Waals surface area contributed by atoms with Crippen molar-refractivity contribution >= 4 is 42.8 Å². The van der Waals surface area contributed by atoms with Crippen LogP contribution >= 0.6 is 0 Å². The van der Waals surface area contributed by atoms with Crippen LogP contribution in [0.3, 0.4) is 0 Å². The second-order valence-corrected chi connectivity index (χ2v) is 10.00. The molecule has 0 atom stereocenters. The van der Waals surface area contributed by atoms with Crippen LogP contribution in [0.4, 0.5) is 21.2 Å². The predicted molar refractivity (Wildman–Crippen MR) is 126 cm³/mol. The zero-order chi connectivity index (χ0) is 23.7. The van der Waals surface area contributed by atoms with Gasteiger partial charge in [0.05, 0.1) is 0 Å². The molecule has 0 aromatic carbocycles. The standard InChI is InChI=1S/C21H33BN6O4/c1-20(2,3)31-18(29)25-16-12-15(24-17-14(22)13-23-28(16)17)26-8-7-9-27(11-10-26)19(30)32-21(4,5)6/h12-13H,7-11,22H2,1-6H3,(H,25,29). The fourth-order valence-corrected chi connectivity index (χ4v) is 3.37. The smallest absolute Gasteiger partial charge is 0.413 e. The largest absolute Gasteiger partial charge is 0.444 e. The number of amides is 2. The number of ether oxygens (including phenoxy) is 2. The lowest BCUT2D eigenvalue weighted by atomic mass is 10.0. The van der Waals surface area contributed by atoms with Gasteiger partial charge in [-0.3, -0.25) is 5.32 Å². The highest BCUT2D eigenvalue weighted by atomic mass is 16.6. The van der Waals surface area contributed by atoms with Crippen LogP contribution in [0.25, 0.3) is 5.65 Å². The number of hydrogen-bond donors (Lipinski definition) is 1. The average Bonchev–Trinajstić information content (AvgIpc) is 2.86. The Hall–Kier alpha value is -2.98. The number of nitrogens with one attached hydrogen (secondary N) is 1. The van der Waals surface area contributed by atoms with E-state index in [1.54, 1.807) is 21.7 Å². The number of carbonyl (C=O) groups is 2. The summed E-state index contributed by atoms with van der Waals surface area (Å²) in [6.07, 6.45) is 1.62. The van der Waals surface area contributed by atoms with Crippen LogP contribution in [0.1, 0.15) is 48.0 Å². The van der Waals surface area contributed by atoms with Crippen molar-refractivity contribution < 1.29 is 19.1 Å². The molecule has 1 aliphatic rings. The Kier molecular flexibility index (Phi) is 6.57. The summed E-state index contributed by atoms with van der Waals surface area (Å²) < 4.78 is 12.5. The van der Waals surface area contributed by atoms with Crippen molar-refractivity contribution in [3.63, 3.8) is 0 Å². The molecule has 2 amide bonds. The van der Waals surface area contributed by atoms with Gasteiger partial charge in [-0.25, -0.2) is 14.6 Å². The Bertz CT molecular complexity index is 995. The second kappa shape index (κ2) is 8.87. The molecule has 0 spiro atoms. The van der Waals surface area contributed by atoms with E-state index >= 15 is 0 Å². The normalized spacial score (nSPS) is 15.4. The summed E-state index contributed by atoms with van der Waals surface area (Å²) in [4.78, 5) is 33.5. The van der Waals surface area contributed by atoms with Gasteiger partial charge in [0.2, 0.25) is 0 Å². The molecule has 3 heterocycles. The summed E-state index contributed by atoms with van der Waals surface area (Å²) in [7, 11) is 1.92. The second-order valence-electron chi connectivity index (χ2n) is 10.00. The Balaban J connectivity index is 1.82. The van der Waals surface area contributed by atoms with Crippen LogP contribution < -0.4 is 15.7 Å². The van der Waals surface area contributed by atoms with Crippen LogP contribution in [0.15, 0.2) is 12.3 Å². The molecule has 0 radical (unpaired) electrons. The average molecular weight is 444 g/mol. The molecular formula is C21H33BN6O4. The molecule has 11 heteroatoms. The molecule has 0 saturated carbocycles. The maximum atomic E-state index is 12.5. The van der Waals surface area contributed by atoms with Gasteiger partial charge in [0.25, 0.3) is 0 Å². The van der Waals surface area contributed by atoms with Crippen molar-refractivity contribution in [3.8, 4) is 0 Å². The first-order valence-corrected chi connectivity index (χ1v) is 10.9. The van der Waals surface area contributed by atoms with Crippen molar-refractivity contribution in [1.29, 1.82) is 0 Å². The Morgan fingerprint density at radius 1 is 1.03 bits per heavy atom. The number of fused-ring (bicyclic) bond motifs is 1. The molecule has 1 saturated heterocycles. The Morgan fingerprint density at radius 2 is 1.72 bits per heavy atom. The minimum Gasteiger partial charge on any atom is -0.444 e. The SMILES string of the molecule is Bc1cnn2c(NC(=O)OC(C)(C)C)cc(N3CCCN(C(=O)OC(C)(C)C)CC3)nc12. The molecule has 174 valence electrons.